The van der Waals surface area contributed by atoms with Crippen molar-refractivity contribution in [1.29, 1.82) is 0 Å². The number of nitrogens with zero attached hydrogens (tertiary/aromatic N) is 1. The van der Waals surface area contributed by atoms with E-state index in [2.05, 4.69) is 15.9 Å². The van der Waals surface area contributed by atoms with Gasteiger partial charge in [-0.3, -0.25) is 10.1 Å². The first-order valence-electron chi connectivity index (χ1n) is 3.38. The molecule has 2 N–H and O–H groups in total. The van der Waals surface area contributed by atoms with Crippen LogP contribution in [0.25, 0.3) is 0 Å². The smallest absolute Gasteiger partial charge is 0.305 e. The van der Waals surface area contributed by atoms with Crippen LogP contribution in [0.5, 0.6) is 0 Å². The molecule has 4 nitrogen and oxygen atoms in total. The summed E-state index contributed by atoms with van der Waals surface area (Å²) >= 11 is 3.06. The van der Waals surface area contributed by atoms with Crippen LogP contribution in [0.1, 0.15) is 5.56 Å². The van der Waals surface area contributed by atoms with Crippen molar-refractivity contribution in [2.45, 2.75) is 6.54 Å². The highest BCUT2D eigenvalue weighted by molar-refractivity contribution is 9.10. The molecule has 0 bridgehead atoms. The Morgan fingerprint density at radius 1 is 1.62 bits per heavy atom. The maximum Gasteiger partial charge on any atom is 0.305 e. The number of rotatable bonds is 2. The summed E-state index contributed by atoms with van der Waals surface area (Å²) in [6.45, 7) is 0.134. The van der Waals surface area contributed by atoms with Gasteiger partial charge >= 0.3 is 5.69 Å². The number of benzene rings is 1. The van der Waals surface area contributed by atoms with Gasteiger partial charge in [0, 0.05) is 17.1 Å². The van der Waals surface area contributed by atoms with Crippen LogP contribution in [-0.4, -0.2) is 4.92 Å². The maximum atomic E-state index is 12.9. The minimum Gasteiger partial charge on any atom is -0.326 e. The van der Waals surface area contributed by atoms with Crippen molar-refractivity contribution in [1.82, 2.24) is 0 Å². The average Bonchev–Trinajstić information content (AvgIpc) is 2.07. The summed E-state index contributed by atoms with van der Waals surface area (Å²) in [5.41, 5.74) is 5.23. The normalized spacial score (nSPS) is 10.1. The molecule has 0 aliphatic carbocycles. The van der Waals surface area contributed by atoms with E-state index in [-0.39, 0.29) is 6.54 Å². The summed E-state index contributed by atoms with van der Waals surface area (Å²) in [5.74, 6) is -0.867. The van der Waals surface area contributed by atoms with E-state index < -0.39 is 16.4 Å². The van der Waals surface area contributed by atoms with Crippen LogP contribution in [0.3, 0.4) is 0 Å². The van der Waals surface area contributed by atoms with Crippen LogP contribution >= 0.6 is 15.9 Å². The Morgan fingerprint density at radius 3 is 2.69 bits per heavy atom. The monoisotopic (exact) mass is 248 g/mol. The van der Waals surface area contributed by atoms with Crippen molar-refractivity contribution in [3.05, 3.63) is 38.1 Å². The number of nitro benzene ring substituents is 1. The summed E-state index contributed by atoms with van der Waals surface area (Å²) in [7, 11) is 0. The second-order valence-electron chi connectivity index (χ2n) is 2.36. The van der Waals surface area contributed by atoms with Crippen LogP contribution in [0.15, 0.2) is 16.6 Å². The minimum absolute atomic E-state index is 0.134. The van der Waals surface area contributed by atoms with Crippen LogP contribution in [0, 0.1) is 15.9 Å². The summed E-state index contributed by atoms with van der Waals surface area (Å²) < 4.78 is 13.4. The van der Waals surface area contributed by atoms with E-state index in [1.807, 2.05) is 0 Å². The van der Waals surface area contributed by atoms with Gasteiger partial charge in [-0.05, 0) is 11.6 Å². The lowest BCUT2D eigenvalue weighted by molar-refractivity contribution is -0.387. The molecule has 1 aromatic carbocycles. The fourth-order valence-electron chi connectivity index (χ4n) is 0.874. The lowest BCUT2D eigenvalue weighted by Gasteiger charge is -2.01. The third kappa shape index (κ3) is 2.02. The van der Waals surface area contributed by atoms with Crippen molar-refractivity contribution in [3.8, 4) is 0 Å². The van der Waals surface area contributed by atoms with Crippen molar-refractivity contribution in [3.63, 3.8) is 0 Å². The lowest BCUT2D eigenvalue weighted by atomic mass is 10.2. The van der Waals surface area contributed by atoms with E-state index in [1.54, 1.807) is 0 Å². The third-order valence-corrected chi connectivity index (χ3v) is 2.27. The molecule has 0 heterocycles. The first kappa shape index (κ1) is 10.1. The van der Waals surface area contributed by atoms with Gasteiger partial charge in [-0.15, -0.1) is 0 Å². The van der Waals surface area contributed by atoms with E-state index >= 15 is 0 Å². The van der Waals surface area contributed by atoms with Gasteiger partial charge in [0.05, 0.1) is 4.92 Å². The molecule has 0 amide bonds. The number of nitrogens with two attached hydrogens (primary N) is 1. The molecule has 1 rings (SSSR count). The van der Waals surface area contributed by atoms with Crippen molar-refractivity contribution in [2.75, 3.05) is 0 Å². The zero-order valence-electron chi connectivity index (χ0n) is 6.46. The Balaban J connectivity index is 3.28. The van der Waals surface area contributed by atoms with Crippen molar-refractivity contribution >= 4 is 21.6 Å². The molecule has 6 heteroatoms. The first-order chi connectivity index (χ1) is 6.06. The van der Waals surface area contributed by atoms with Crippen LogP contribution in [-0.2, 0) is 6.54 Å². The molecular weight excluding hydrogens is 243 g/mol. The predicted molar refractivity (Wildman–Crippen MR) is 48.6 cm³/mol. The Bertz CT molecular complexity index is 357. The van der Waals surface area contributed by atoms with Crippen LogP contribution < -0.4 is 5.73 Å². The van der Waals surface area contributed by atoms with Gasteiger partial charge in [0.1, 0.15) is 0 Å². The Morgan fingerprint density at radius 2 is 2.23 bits per heavy atom. The Kier molecular flexibility index (Phi) is 2.94. The van der Waals surface area contributed by atoms with Crippen LogP contribution in [0.4, 0.5) is 10.1 Å². The molecule has 1 aromatic rings. The molecule has 0 atom stereocenters. The quantitative estimate of drug-likeness (QED) is 0.643. The van der Waals surface area contributed by atoms with Gasteiger partial charge in [-0.1, -0.05) is 15.9 Å². The summed E-state index contributed by atoms with van der Waals surface area (Å²) in [6, 6.07) is 2.17. The minimum atomic E-state index is -0.867. The van der Waals surface area contributed by atoms with E-state index in [0.717, 1.165) is 12.1 Å². The Hall–Kier alpha value is -1.01. The topological polar surface area (TPSA) is 69.2 Å². The molecule has 0 saturated heterocycles. The molecular formula is C7H6BrFN2O2. The zero-order chi connectivity index (χ0) is 10.0. The summed E-state index contributed by atoms with van der Waals surface area (Å²) in [5, 5.41) is 10.3. The molecule has 0 aliphatic rings. The lowest BCUT2D eigenvalue weighted by Crippen LogP contribution is -2.00. The highest BCUT2D eigenvalue weighted by Gasteiger charge is 2.16. The van der Waals surface area contributed by atoms with E-state index in [9.17, 15) is 14.5 Å². The summed E-state index contributed by atoms with van der Waals surface area (Å²) in [4.78, 5) is 9.51. The van der Waals surface area contributed by atoms with Gasteiger partial charge in [0.25, 0.3) is 0 Å². The van der Waals surface area contributed by atoms with E-state index in [1.165, 1.54) is 0 Å². The zero-order valence-corrected chi connectivity index (χ0v) is 8.04. The second kappa shape index (κ2) is 3.80. The van der Waals surface area contributed by atoms with Gasteiger partial charge in [0.15, 0.2) is 0 Å². The van der Waals surface area contributed by atoms with Gasteiger partial charge in [-0.25, -0.2) is 0 Å². The van der Waals surface area contributed by atoms with E-state index in [4.69, 9.17) is 5.73 Å². The molecule has 0 saturated carbocycles. The molecule has 0 radical (unpaired) electrons. The fraction of sp³-hybridized carbons (Fsp3) is 0.143. The first-order valence-corrected chi connectivity index (χ1v) is 4.18. The fourth-order valence-corrected chi connectivity index (χ4v) is 1.37. The van der Waals surface area contributed by atoms with Gasteiger partial charge < -0.3 is 5.73 Å². The average molecular weight is 249 g/mol. The van der Waals surface area contributed by atoms with Crippen molar-refractivity contribution in [2.24, 2.45) is 5.73 Å². The highest BCUT2D eigenvalue weighted by Crippen LogP contribution is 2.25. The SMILES string of the molecule is NCc1cc(F)c([N+](=O)[O-])cc1Br. The largest absolute Gasteiger partial charge is 0.326 e. The third-order valence-electron chi connectivity index (χ3n) is 1.53. The van der Waals surface area contributed by atoms with Crippen LogP contribution in [0.2, 0.25) is 0 Å². The number of hydrogen-bond acceptors (Lipinski definition) is 3. The van der Waals surface area contributed by atoms with Gasteiger partial charge in [-0.2, -0.15) is 4.39 Å². The maximum absolute atomic E-state index is 12.9. The second-order valence-corrected chi connectivity index (χ2v) is 3.21. The molecule has 13 heavy (non-hydrogen) atoms. The van der Waals surface area contributed by atoms with Gasteiger partial charge in [0.2, 0.25) is 5.82 Å². The summed E-state index contributed by atoms with van der Waals surface area (Å²) in [6.07, 6.45) is 0. The standard InChI is InChI=1S/C7H6BrFN2O2/c8-5-2-7(11(12)13)6(9)1-4(5)3-10/h1-2H,3,10H2. The van der Waals surface area contributed by atoms with E-state index in [0.29, 0.717) is 10.0 Å². The number of halogens is 2. The number of hydrogen-bond donors (Lipinski definition) is 1. The molecule has 0 fully saturated rings. The molecule has 0 spiro atoms. The number of nitro groups is 1. The molecule has 70 valence electrons. The Labute approximate surface area is 81.8 Å². The molecule has 0 aliphatic heterocycles. The molecule has 0 unspecified atom stereocenters. The predicted octanol–water partition coefficient (Wildman–Crippen LogP) is 1.96. The molecule has 0 aromatic heterocycles. The van der Waals surface area contributed by atoms with Crippen molar-refractivity contribution < 1.29 is 9.31 Å². The highest BCUT2D eigenvalue weighted by atomic mass is 79.9.